The molecule has 0 aliphatic carbocycles. The average Bonchev–Trinajstić information content (AvgIpc) is 2.97. The molecule has 0 spiro atoms. The molecular weight excluding hydrogens is 224 g/mol. The quantitative estimate of drug-likeness (QED) is 0.847. The summed E-state index contributed by atoms with van der Waals surface area (Å²) in [7, 11) is 0. The van der Waals surface area contributed by atoms with Gasteiger partial charge in [-0.15, -0.1) is 16.4 Å². The van der Waals surface area contributed by atoms with Crippen LogP contribution in [0, 0.1) is 0 Å². The van der Waals surface area contributed by atoms with E-state index in [1.54, 1.807) is 11.3 Å². The number of hydrogen-bond acceptors (Lipinski definition) is 5. The van der Waals surface area contributed by atoms with E-state index in [0.717, 1.165) is 17.9 Å². The van der Waals surface area contributed by atoms with Crippen LogP contribution in [0.2, 0.25) is 0 Å². The standard InChI is InChI=1S/C10H12N4OS/c11-4-7-8-6-15-9(5-14(8)13-12-7)10-2-1-3-16-10/h1-3,9H,4-6,11H2. The molecule has 1 aliphatic heterocycles. The molecule has 0 bridgehead atoms. The molecule has 0 saturated heterocycles. The molecule has 5 nitrogen and oxygen atoms in total. The van der Waals surface area contributed by atoms with Crippen LogP contribution in [0.25, 0.3) is 0 Å². The summed E-state index contributed by atoms with van der Waals surface area (Å²) in [6, 6.07) is 4.12. The van der Waals surface area contributed by atoms with Crippen molar-refractivity contribution in [2.45, 2.75) is 25.8 Å². The van der Waals surface area contributed by atoms with Gasteiger partial charge in [-0.1, -0.05) is 11.3 Å². The van der Waals surface area contributed by atoms with E-state index in [4.69, 9.17) is 10.5 Å². The second kappa shape index (κ2) is 3.97. The predicted octanol–water partition coefficient (Wildman–Crippen LogP) is 1.07. The lowest BCUT2D eigenvalue weighted by atomic mass is 10.2. The highest BCUT2D eigenvalue weighted by Gasteiger charge is 2.24. The Balaban J connectivity index is 1.87. The van der Waals surface area contributed by atoms with Crippen LogP contribution >= 0.6 is 11.3 Å². The molecule has 3 rings (SSSR count). The largest absolute Gasteiger partial charge is 0.364 e. The Morgan fingerprint density at radius 1 is 1.62 bits per heavy atom. The minimum Gasteiger partial charge on any atom is -0.364 e. The Morgan fingerprint density at radius 2 is 2.56 bits per heavy atom. The van der Waals surface area contributed by atoms with Gasteiger partial charge in [0.1, 0.15) is 11.8 Å². The van der Waals surface area contributed by atoms with Gasteiger partial charge >= 0.3 is 0 Å². The Morgan fingerprint density at radius 3 is 3.31 bits per heavy atom. The van der Waals surface area contributed by atoms with Gasteiger partial charge in [-0.2, -0.15) is 0 Å². The number of aromatic nitrogens is 3. The van der Waals surface area contributed by atoms with Crippen molar-refractivity contribution in [2.75, 3.05) is 0 Å². The molecule has 0 radical (unpaired) electrons. The fraction of sp³-hybridized carbons (Fsp3) is 0.400. The van der Waals surface area contributed by atoms with Crippen LogP contribution in [0.3, 0.4) is 0 Å². The zero-order valence-electron chi connectivity index (χ0n) is 8.67. The number of hydrogen-bond donors (Lipinski definition) is 1. The Labute approximate surface area is 96.8 Å². The molecule has 0 saturated carbocycles. The van der Waals surface area contributed by atoms with Crippen LogP contribution in [0.1, 0.15) is 22.4 Å². The molecule has 0 amide bonds. The number of nitrogens with zero attached hydrogens (tertiary/aromatic N) is 3. The van der Waals surface area contributed by atoms with Crippen molar-refractivity contribution < 1.29 is 4.74 Å². The van der Waals surface area contributed by atoms with Gasteiger partial charge in [-0.3, -0.25) is 0 Å². The fourth-order valence-corrected chi connectivity index (χ4v) is 2.63. The lowest BCUT2D eigenvalue weighted by Gasteiger charge is -2.23. The maximum absolute atomic E-state index is 5.80. The van der Waals surface area contributed by atoms with E-state index in [9.17, 15) is 0 Å². The lowest BCUT2D eigenvalue weighted by molar-refractivity contribution is 0.000394. The fourth-order valence-electron chi connectivity index (χ4n) is 1.87. The first-order valence-electron chi connectivity index (χ1n) is 5.15. The van der Waals surface area contributed by atoms with Gasteiger partial charge in [0, 0.05) is 11.4 Å². The maximum Gasteiger partial charge on any atom is 0.112 e. The first-order chi connectivity index (χ1) is 7.88. The first kappa shape index (κ1) is 9.95. The zero-order chi connectivity index (χ0) is 11.0. The van der Waals surface area contributed by atoms with E-state index in [-0.39, 0.29) is 6.10 Å². The molecule has 0 fully saturated rings. The first-order valence-corrected chi connectivity index (χ1v) is 6.02. The monoisotopic (exact) mass is 236 g/mol. The molecule has 0 aromatic carbocycles. The van der Waals surface area contributed by atoms with Crippen LogP contribution in [-0.4, -0.2) is 15.0 Å². The third-order valence-corrected chi connectivity index (χ3v) is 3.70. The summed E-state index contributed by atoms with van der Waals surface area (Å²) in [5.74, 6) is 0. The molecule has 2 aromatic heterocycles. The van der Waals surface area contributed by atoms with Crippen molar-refractivity contribution in [3.63, 3.8) is 0 Å². The number of ether oxygens (including phenoxy) is 1. The number of thiophene rings is 1. The minimum absolute atomic E-state index is 0.0971. The third-order valence-electron chi connectivity index (χ3n) is 2.73. The van der Waals surface area contributed by atoms with Crippen molar-refractivity contribution in [1.82, 2.24) is 15.0 Å². The van der Waals surface area contributed by atoms with Crippen molar-refractivity contribution >= 4 is 11.3 Å². The van der Waals surface area contributed by atoms with Crippen molar-refractivity contribution in [3.8, 4) is 0 Å². The molecule has 1 aliphatic rings. The summed E-state index contributed by atoms with van der Waals surface area (Å²) in [6.45, 7) is 1.69. The van der Waals surface area contributed by atoms with E-state index >= 15 is 0 Å². The minimum atomic E-state index is 0.0971. The molecule has 6 heteroatoms. The van der Waals surface area contributed by atoms with Gasteiger partial charge in [-0.25, -0.2) is 4.68 Å². The topological polar surface area (TPSA) is 66.0 Å². The maximum atomic E-state index is 5.80. The summed E-state index contributed by atoms with van der Waals surface area (Å²) in [6.07, 6.45) is 0.0971. The molecule has 2 N–H and O–H groups in total. The highest BCUT2D eigenvalue weighted by atomic mass is 32.1. The van der Waals surface area contributed by atoms with Crippen LogP contribution in [0.15, 0.2) is 17.5 Å². The third kappa shape index (κ3) is 1.55. The SMILES string of the molecule is NCc1nnn2c1COC(c1cccs1)C2. The van der Waals surface area contributed by atoms with Crippen molar-refractivity contribution in [1.29, 1.82) is 0 Å². The van der Waals surface area contributed by atoms with E-state index in [2.05, 4.69) is 21.8 Å². The Kier molecular flexibility index (Phi) is 2.47. The van der Waals surface area contributed by atoms with E-state index < -0.39 is 0 Å². The highest BCUT2D eigenvalue weighted by molar-refractivity contribution is 7.10. The van der Waals surface area contributed by atoms with Crippen LogP contribution in [0.5, 0.6) is 0 Å². The highest BCUT2D eigenvalue weighted by Crippen LogP contribution is 2.29. The lowest BCUT2D eigenvalue weighted by Crippen LogP contribution is -2.22. The number of nitrogens with two attached hydrogens (primary N) is 1. The summed E-state index contributed by atoms with van der Waals surface area (Å²) in [5, 5.41) is 10.2. The Bertz CT molecular complexity index is 479. The molecule has 2 aromatic rings. The smallest absolute Gasteiger partial charge is 0.112 e. The van der Waals surface area contributed by atoms with Gasteiger partial charge in [0.05, 0.1) is 18.8 Å². The van der Waals surface area contributed by atoms with Gasteiger partial charge < -0.3 is 10.5 Å². The molecule has 1 atom stereocenters. The van der Waals surface area contributed by atoms with Crippen molar-refractivity contribution in [3.05, 3.63) is 33.8 Å². The normalized spacial score (nSPS) is 19.7. The summed E-state index contributed by atoms with van der Waals surface area (Å²) in [5.41, 5.74) is 7.43. The predicted molar refractivity (Wildman–Crippen MR) is 59.8 cm³/mol. The van der Waals surface area contributed by atoms with E-state index in [0.29, 0.717) is 13.2 Å². The second-order valence-electron chi connectivity index (χ2n) is 3.68. The second-order valence-corrected chi connectivity index (χ2v) is 4.66. The number of fused-ring (bicyclic) bond motifs is 1. The van der Waals surface area contributed by atoms with Crippen LogP contribution in [-0.2, 0) is 24.4 Å². The summed E-state index contributed by atoms with van der Waals surface area (Å²) >= 11 is 1.71. The zero-order valence-corrected chi connectivity index (χ0v) is 9.48. The molecular formula is C10H12N4OS. The van der Waals surface area contributed by atoms with Gasteiger partial charge in [0.2, 0.25) is 0 Å². The average molecular weight is 236 g/mol. The van der Waals surface area contributed by atoms with E-state index in [1.807, 2.05) is 10.7 Å². The number of rotatable bonds is 2. The van der Waals surface area contributed by atoms with E-state index in [1.165, 1.54) is 4.88 Å². The van der Waals surface area contributed by atoms with Gasteiger partial charge in [0.15, 0.2) is 0 Å². The summed E-state index contributed by atoms with van der Waals surface area (Å²) in [4.78, 5) is 1.23. The van der Waals surface area contributed by atoms with Crippen LogP contribution in [0.4, 0.5) is 0 Å². The van der Waals surface area contributed by atoms with Gasteiger partial charge in [0.25, 0.3) is 0 Å². The summed E-state index contributed by atoms with van der Waals surface area (Å²) < 4.78 is 7.70. The molecule has 3 heterocycles. The van der Waals surface area contributed by atoms with Gasteiger partial charge in [-0.05, 0) is 11.4 Å². The van der Waals surface area contributed by atoms with Crippen molar-refractivity contribution in [2.24, 2.45) is 5.73 Å². The molecule has 84 valence electrons. The van der Waals surface area contributed by atoms with Crippen LogP contribution < -0.4 is 5.73 Å². The molecule has 1 unspecified atom stereocenters. The molecule has 16 heavy (non-hydrogen) atoms. The Hall–Kier alpha value is -1.24.